The molecule has 0 bridgehead atoms. The molecule has 2 amide bonds. The van der Waals surface area contributed by atoms with Crippen LogP contribution in [0.4, 0.5) is 5.69 Å². The summed E-state index contributed by atoms with van der Waals surface area (Å²) in [6.07, 6.45) is 1.77. The standard InChI is InChI=1S/C23H28N6O2S/c1-22(2)18(23(22,3)4)21(31)29-9-7-13(8-10-29)20-25-17(12-32-20)19(30)24-14-5-6-15-16(11-14)27-28-26-15/h5-6,11-13,18H,7-10H2,1-4H3,(H,24,30)(H,26,27,28). The van der Waals surface area contributed by atoms with Crippen LogP contribution in [0.1, 0.15) is 62.0 Å². The second-order valence-corrected chi connectivity index (χ2v) is 10.9. The van der Waals surface area contributed by atoms with Gasteiger partial charge >= 0.3 is 0 Å². The van der Waals surface area contributed by atoms with Gasteiger partial charge in [0.2, 0.25) is 5.91 Å². The molecule has 2 aliphatic rings. The molecule has 168 valence electrons. The first-order valence-corrected chi connectivity index (χ1v) is 11.9. The molecule has 1 saturated heterocycles. The van der Waals surface area contributed by atoms with E-state index in [0.717, 1.165) is 36.5 Å². The zero-order valence-corrected chi connectivity index (χ0v) is 19.6. The summed E-state index contributed by atoms with van der Waals surface area (Å²) in [4.78, 5) is 32.3. The Labute approximate surface area is 190 Å². The topological polar surface area (TPSA) is 104 Å². The Morgan fingerprint density at radius 1 is 1.09 bits per heavy atom. The quantitative estimate of drug-likeness (QED) is 0.621. The Morgan fingerprint density at radius 2 is 1.78 bits per heavy atom. The van der Waals surface area contributed by atoms with Gasteiger partial charge in [-0.1, -0.05) is 27.7 Å². The summed E-state index contributed by atoms with van der Waals surface area (Å²) in [7, 11) is 0. The van der Waals surface area contributed by atoms with E-state index in [4.69, 9.17) is 0 Å². The number of rotatable bonds is 4. The number of anilines is 1. The maximum atomic E-state index is 13.0. The molecule has 2 N–H and O–H groups in total. The number of carbonyl (C=O) groups excluding carboxylic acids is 2. The first-order chi connectivity index (χ1) is 15.2. The van der Waals surface area contributed by atoms with Crippen molar-refractivity contribution in [3.8, 4) is 0 Å². The number of aromatic amines is 1. The number of H-pyrrole nitrogens is 1. The molecule has 2 aromatic heterocycles. The van der Waals surface area contributed by atoms with Crippen LogP contribution in [0.15, 0.2) is 23.6 Å². The minimum absolute atomic E-state index is 0.0662. The van der Waals surface area contributed by atoms with Crippen LogP contribution < -0.4 is 5.32 Å². The highest BCUT2D eigenvalue weighted by molar-refractivity contribution is 7.10. The van der Waals surface area contributed by atoms with Gasteiger partial charge in [0.1, 0.15) is 16.7 Å². The van der Waals surface area contributed by atoms with Crippen molar-refractivity contribution in [2.45, 2.75) is 46.5 Å². The van der Waals surface area contributed by atoms with Crippen LogP contribution >= 0.6 is 11.3 Å². The molecule has 0 unspecified atom stereocenters. The minimum Gasteiger partial charge on any atom is -0.342 e. The van der Waals surface area contributed by atoms with Crippen LogP contribution in [0.3, 0.4) is 0 Å². The van der Waals surface area contributed by atoms with Crippen LogP contribution in [-0.2, 0) is 4.79 Å². The molecule has 0 atom stereocenters. The molecule has 8 nitrogen and oxygen atoms in total. The molecule has 1 aliphatic heterocycles. The number of fused-ring (bicyclic) bond motifs is 1. The van der Waals surface area contributed by atoms with Gasteiger partial charge in [-0.05, 0) is 41.9 Å². The Balaban J connectivity index is 1.19. The number of thiazole rings is 1. The second-order valence-electron chi connectivity index (χ2n) is 10.0. The maximum absolute atomic E-state index is 13.0. The summed E-state index contributed by atoms with van der Waals surface area (Å²) in [5.74, 6) is 0.457. The number of piperidine rings is 1. The summed E-state index contributed by atoms with van der Waals surface area (Å²) in [5, 5.41) is 16.3. The van der Waals surface area contributed by atoms with Gasteiger partial charge in [0, 0.05) is 36.0 Å². The lowest BCUT2D eigenvalue weighted by atomic mass is 9.96. The minimum atomic E-state index is -0.235. The molecule has 0 spiro atoms. The number of nitrogens with zero attached hydrogens (tertiary/aromatic N) is 4. The molecular formula is C23H28N6O2S. The average molecular weight is 453 g/mol. The van der Waals surface area contributed by atoms with Crippen LogP contribution in [0.2, 0.25) is 0 Å². The molecule has 5 rings (SSSR count). The number of benzene rings is 1. The van der Waals surface area contributed by atoms with Crippen LogP contribution in [0.25, 0.3) is 11.0 Å². The molecular weight excluding hydrogens is 424 g/mol. The monoisotopic (exact) mass is 452 g/mol. The summed E-state index contributed by atoms with van der Waals surface area (Å²) in [6, 6.07) is 5.38. The predicted molar refractivity (Wildman–Crippen MR) is 124 cm³/mol. The van der Waals surface area contributed by atoms with Crippen molar-refractivity contribution in [3.63, 3.8) is 0 Å². The Morgan fingerprint density at radius 3 is 2.47 bits per heavy atom. The fraction of sp³-hybridized carbons (Fsp3) is 0.522. The van der Waals surface area contributed by atoms with Crippen molar-refractivity contribution in [1.82, 2.24) is 25.3 Å². The van der Waals surface area contributed by atoms with E-state index in [9.17, 15) is 9.59 Å². The van der Waals surface area contributed by atoms with Crippen molar-refractivity contribution in [2.75, 3.05) is 18.4 Å². The third-order valence-corrected chi connectivity index (χ3v) is 8.76. The molecule has 1 aliphatic carbocycles. The first kappa shape index (κ1) is 21.1. The Hall–Kier alpha value is -2.81. The third kappa shape index (κ3) is 3.39. The van der Waals surface area contributed by atoms with Crippen LogP contribution in [0.5, 0.6) is 0 Å². The van der Waals surface area contributed by atoms with Gasteiger partial charge in [0.25, 0.3) is 5.91 Å². The number of hydrogen-bond donors (Lipinski definition) is 2. The fourth-order valence-corrected chi connectivity index (χ4v) is 6.01. The Bertz CT molecular complexity index is 1170. The first-order valence-electron chi connectivity index (χ1n) is 11.0. The van der Waals surface area contributed by atoms with E-state index >= 15 is 0 Å². The smallest absolute Gasteiger partial charge is 0.275 e. The zero-order chi connectivity index (χ0) is 22.7. The molecule has 3 aromatic rings. The number of likely N-dealkylation sites (tertiary alicyclic amines) is 1. The highest BCUT2D eigenvalue weighted by Gasteiger charge is 2.68. The lowest BCUT2D eigenvalue weighted by Crippen LogP contribution is -2.39. The number of amides is 2. The maximum Gasteiger partial charge on any atom is 0.275 e. The van der Waals surface area contributed by atoms with E-state index in [0.29, 0.717) is 22.8 Å². The lowest BCUT2D eigenvalue weighted by Gasteiger charge is -2.31. The van der Waals surface area contributed by atoms with Crippen molar-refractivity contribution >= 4 is 39.9 Å². The molecule has 3 heterocycles. The average Bonchev–Trinajstić information content (AvgIpc) is 3.27. The second kappa shape index (κ2) is 7.37. The van der Waals surface area contributed by atoms with Gasteiger partial charge in [0.05, 0.1) is 5.01 Å². The van der Waals surface area contributed by atoms with E-state index in [1.165, 1.54) is 11.3 Å². The zero-order valence-electron chi connectivity index (χ0n) is 18.8. The van der Waals surface area contributed by atoms with Gasteiger partial charge in [-0.2, -0.15) is 15.4 Å². The van der Waals surface area contributed by atoms with Crippen LogP contribution in [0, 0.1) is 16.7 Å². The highest BCUT2D eigenvalue weighted by atomic mass is 32.1. The largest absolute Gasteiger partial charge is 0.342 e. The summed E-state index contributed by atoms with van der Waals surface area (Å²) < 4.78 is 0. The van der Waals surface area contributed by atoms with E-state index in [1.807, 2.05) is 10.3 Å². The summed E-state index contributed by atoms with van der Waals surface area (Å²) >= 11 is 1.52. The normalized spacial score (nSPS) is 20.4. The molecule has 32 heavy (non-hydrogen) atoms. The van der Waals surface area contributed by atoms with Crippen LogP contribution in [-0.4, -0.2) is 50.2 Å². The summed E-state index contributed by atoms with van der Waals surface area (Å²) in [6.45, 7) is 10.3. The van der Waals surface area contributed by atoms with Gasteiger partial charge in [-0.15, -0.1) is 11.3 Å². The number of carbonyl (C=O) groups is 2. The van der Waals surface area contributed by atoms with Crippen molar-refractivity contribution in [2.24, 2.45) is 16.7 Å². The fourth-order valence-electron chi connectivity index (χ4n) is 5.04. The molecule has 1 saturated carbocycles. The van der Waals surface area contributed by atoms with Crippen molar-refractivity contribution in [3.05, 3.63) is 34.3 Å². The highest BCUT2D eigenvalue weighted by Crippen LogP contribution is 2.68. The predicted octanol–water partition coefficient (Wildman–Crippen LogP) is 4.05. The SMILES string of the molecule is CC1(C)C(C(=O)N2CCC(c3nc(C(=O)Nc4ccc5n[nH]nc5c4)cs3)CC2)C1(C)C. The molecule has 2 fully saturated rings. The molecule has 9 heteroatoms. The van der Waals surface area contributed by atoms with Gasteiger partial charge in [-0.3, -0.25) is 9.59 Å². The molecule has 1 aromatic carbocycles. The lowest BCUT2D eigenvalue weighted by molar-refractivity contribution is -0.134. The van der Waals surface area contributed by atoms with Gasteiger partial charge in [0.15, 0.2) is 0 Å². The van der Waals surface area contributed by atoms with Crippen molar-refractivity contribution in [1.29, 1.82) is 0 Å². The van der Waals surface area contributed by atoms with E-state index < -0.39 is 0 Å². The van der Waals surface area contributed by atoms with Crippen molar-refractivity contribution < 1.29 is 9.59 Å². The van der Waals surface area contributed by atoms with Gasteiger partial charge in [-0.25, -0.2) is 4.98 Å². The molecule has 0 radical (unpaired) electrons. The van der Waals surface area contributed by atoms with E-state index in [1.54, 1.807) is 18.2 Å². The van der Waals surface area contributed by atoms with Gasteiger partial charge < -0.3 is 10.2 Å². The number of aromatic nitrogens is 4. The number of hydrogen-bond acceptors (Lipinski definition) is 6. The van der Waals surface area contributed by atoms with E-state index in [2.05, 4.69) is 53.4 Å². The third-order valence-electron chi connectivity index (χ3n) is 7.75. The van der Waals surface area contributed by atoms with E-state index in [-0.39, 0.29) is 28.6 Å². The summed E-state index contributed by atoms with van der Waals surface area (Å²) in [5.41, 5.74) is 2.65. The Kier molecular flexibility index (Phi) is 4.85. The number of nitrogens with one attached hydrogen (secondary N) is 2.